The van der Waals surface area contributed by atoms with E-state index in [9.17, 15) is 9.59 Å². The predicted octanol–water partition coefficient (Wildman–Crippen LogP) is 2.82. The zero-order valence-corrected chi connectivity index (χ0v) is 18.1. The molecule has 1 atom stereocenters. The molecule has 1 saturated heterocycles. The molecular weight excluding hydrogens is 376 g/mol. The number of anilines is 1. The Labute approximate surface area is 179 Å². The molecule has 0 saturated carbocycles. The number of nitrogens with one attached hydrogen (secondary N) is 2. The van der Waals surface area contributed by atoms with Gasteiger partial charge in [0.05, 0.1) is 12.6 Å². The van der Waals surface area contributed by atoms with Gasteiger partial charge >= 0.3 is 0 Å². The van der Waals surface area contributed by atoms with Crippen molar-refractivity contribution in [1.29, 1.82) is 0 Å². The van der Waals surface area contributed by atoms with Crippen molar-refractivity contribution in [3.63, 3.8) is 0 Å². The van der Waals surface area contributed by atoms with Crippen LogP contribution in [0.15, 0.2) is 54.6 Å². The molecule has 2 aromatic carbocycles. The van der Waals surface area contributed by atoms with E-state index in [1.807, 2.05) is 75.4 Å². The van der Waals surface area contributed by atoms with Crippen LogP contribution in [0.2, 0.25) is 0 Å². The Morgan fingerprint density at radius 2 is 1.53 bits per heavy atom. The zero-order valence-electron chi connectivity index (χ0n) is 18.1. The monoisotopic (exact) mass is 408 g/mol. The first-order valence-electron chi connectivity index (χ1n) is 10.6. The Balaban J connectivity index is 1.56. The van der Waals surface area contributed by atoms with E-state index in [1.54, 1.807) is 0 Å². The number of carbonyl (C=O) groups excluding carboxylic acids is 2. The Morgan fingerprint density at radius 1 is 0.900 bits per heavy atom. The van der Waals surface area contributed by atoms with Crippen LogP contribution in [-0.4, -0.2) is 66.4 Å². The van der Waals surface area contributed by atoms with E-state index in [1.165, 1.54) is 0 Å². The highest BCUT2D eigenvalue weighted by Crippen LogP contribution is 2.27. The molecule has 6 nitrogen and oxygen atoms in total. The summed E-state index contributed by atoms with van der Waals surface area (Å²) in [4.78, 5) is 29.2. The summed E-state index contributed by atoms with van der Waals surface area (Å²) in [5.41, 5.74) is 2.92. The van der Waals surface area contributed by atoms with E-state index >= 15 is 0 Å². The average Bonchev–Trinajstić information content (AvgIpc) is 2.74. The molecule has 2 N–H and O–H groups in total. The van der Waals surface area contributed by atoms with Crippen LogP contribution >= 0.6 is 0 Å². The topological polar surface area (TPSA) is 64.7 Å². The minimum absolute atomic E-state index is 0.00983. The van der Waals surface area contributed by atoms with Gasteiger partial charge in [-0.3, -0.25) is 19.4 Å². The highest BCUT2D eigenvalue weighted by atomic mass is 16.2. The van der Waals surface area contributed by atoms with Crippen LogP contribution in [0.4, 0.5) is 5.69 Å². The number of benzene rings is 2. The normalized spacial score (nSPS) is 16.3. The van der Waals surface area contributed by atoms with Crippen LogP contribution in [0.5, 0.6) is 0 Å². The SMILES string of the molecule is CC(C)NC(=O)CN1CCN(C(C)C(=O)Nc2ccccc2-c2ccccc2)CC1. The lowest BCUT2D eigenvalue weighted by atomic mass is 10.0. The molecular formula is C24H32N4O2. The maximum atomic E-state index is 12.9. The molecule has 2 aromatic rings. The summed E-state index contributed by atoms with van der Waals surface area (Å²) in [5.74, 6) is 0.0474. The Kier molecular flexibility index (Phi) is 7.60. The largest absolute Gasteiger partial charge is 0.353 e. The summed E-state index contributed by atoms with van der Waals surface area (Å²) in [7, 11) is 0. The van der Waals surface area contributed by atoms with Crippen LogP contribution in [0.3, 0.4) is 0 Å². The standard InChI is InChI=1S/C24H32N4O2/c1-18(2)25-23(29)17-27-13-15-28(16-14-27)19(3)24(30)26-22-12-8-7-11-21(22)20-9-5-4-6-10-20/h4-12,18-19H,13-17H2,1-3H3,(H,25,29)(H,26,30). The van der Waals surface area contributed by atoms with Gasteiger partial charge in [-0.2, -0.15) is 0 Å². The van der Waals surface area contributed by atoms with Crippen LogP contribution < -0.4 is 10.6 Å². The van der Waals surface area contributed by atoms with E-state index in [4.69, 9.17) is 0 Å². The van der Waals surface area contributed by atoms with Gasteiger partial charge in [-0.25, -0.2) is 0 Å². The molecule has 1 aliphatic rings. The number of para-hydroxylation sites is 1. The van der Waals surface area contributed by atoms with Gasteiger partial charge in [0.1, 0.15) is 0 Å². The molecule has 0 aromatic heterocycles. The molecule has 1 unspecified atom stereocenters. The predicted molar refractivity (Wildman–Crippen MR) is 121 cm³/mol. The quantitative estimate of drug-likeness (QED) is 0.740. The number of rotatable bonds is 7. The summed E-state index contributed by atoms with van der Waals surface area (Å²) >= 11 is 0. The van der Waals surface area contributed by atoms with E-state index in [0.29, 0.717) is 6.54 Å². The molecule has 0 aliphatic carbocycles. The number of piperazine rings is 1. The van der Waals surface area contributed by atoms with Gasteiger partial charge in [-0.1, -0.05) is 48.5 Å². The van der Waals surface area contributed by atoms with Gasteiger partial charge in [-0.05, 0) is 32.4 Å². The lowest BCUT2D eigenvalue weighted by molar-refractivity contribution is -0.125. The van der Waals surface area contributed by atoms with Gasteiger partial charge in [0.2, 0.25) is 11.8 Å². The second-order valence-corrected chi connectivity index (χ2v) is 8.11. The Morgan fingerprint density at radius 3 is 2.20 bits per heavy atom. The van der Waals surface area contributed by atoms with Crippen molar-refractivity contribution in [2.75, 3.05) is 38.0 Å². The first-order chi connectivity index (χ1) is 14.4. The maximum absolute atomic E-state index is 12.9. The Bertz CT molecular complexity index is 845. The van der Waals surface area contributed by atoms with Gasteiger partial charge in [0.15, 0.2) is 0 Å². The number of nitrogens with zero attached hydrogens (tertiary/aromatic N) is 2. The zero-order chi connectivity index (χ0) is 21.5. The van der Waals surface area contributed by atoms with Gasteiger partial charge in [0, 0.05) is 43.5 Å². The molecule has 30 heavy (non-hydrogen) atoms. The van der Waals surface area contributed by atoms with E-state index in [-0.39, 0.29) is 23.9 Å². The fourth-order valence-corrected chi connectivity index (χ4v) is 3.74. The molecule has 6 heteroatoms. The molecule has 0 bridgehead atoms. The van der Waals surface area contributed by atoms with Crippen LogP contribution in [0.1, 0.15) is 20.8 Å². The van der Waals surface area contributed by atoms with Crippen molar-refractivity contribution in [1.82, 2.24) is 15.1 Å². The van der Waals surface area contributed by atoms with Gasteiger partial charge < -0.3 is 10.6 Å². The lowest BCUT2D eigenvalue weighted by Crippen LogP contribution is -2.54. The number of hydrogen-bond acceptors (Lipinski definition) is 4. The third kappa shape index (κ3) is 5.90. The summed E-state index contributed by atoms with van der Waals surface area (Å²) < 4.78 is 0. The number of amides is 2. The van der Waals surface area contributed by atoms with E-state index in [0.717, 1.165) is 43.0 Å². The van der Waals surface area contributed by atoms with E-state index in [2.05, 4.69) is 20.4 Å². The second kappa shape index (κ2) is 10.4. The summed E-state index contributed by atoms with van der Waals surface area (Å²) in [6, 6.07) is 17.9. The molecule has 3 rings (SSSR count). The minimum Gasteiger partial charge on any atom is -0.353 e. The van der Waals surface area contributed by atoms with Crippen LogP contribution in [0.25, 0.3) is 11.1 Å². The fourth-order valence-electron chi connectivity index (χ4n) is 3.74. The highest BCUT2D eigenvalue weighted by molar-refractivity contribution is 5.98. The Hall–Kier alpha value is -2.70. The minimum atomic E-state index is -0.236. The number of hydrogen-bond donors (Lipinski definition) is 2. The molecule has 160 valence electrons. The lowest BCUT2D eigenvalue weighted by Gasteiger charge is -2.37. The van der Waals surface area contributed by atoms with Crippen molar-refractivity contribution >= 4 is 17.5 Å². The highest BCUT2D eigenvalue weighted by Gasteiger charge is 2.26. The summed E-state index contributed by atoms with van der Waals surface area (Å²) in [5, 5.41) is 6.04. The van der Waals surface area contributed by atoms with Crippen molar-refractivity contribution in [3.8, 4) is 11.1 Å². The van der Waals surface area contributed by atoms with Crippen molar-refractivity contribution in [2.45, 2.75) is 32.9 Å². The van der Waals surface area contributed by atoms with Crippen LogP contribution in [0, 0.1) is 0 Å². The third-order valence-electron chi connectivity index (χ3n) is 5.42. The molecule has 1 fully saturated rings. The maximum Gasteiger partial charge on any atom is 0.241 e. The van der Waals surface area contributed by atoms with Crippen molar-refractivity contribution < 1.29 is 9.59 Å². The first kappa shape index (κ1) is 22.0. The first-order valence-corrected chi connectivity index (χ1v) is 10.6. The summed E-state index contributed by atoms with van der Waals surface area (Å²) in [6.07, 6.45) is 0. The van der Waals surface area contributed by atoms with Gasteiger partial charge in [0.25, 0.3) is 0 Å². The second-order valence-electron chi connectivity index (χ2n) is 8.11. The summed E-state index contributed by atoms with van der Waals surface area (Å²) in [6.45, 7) is 9.39. The van der Waals surface area contributed by atoms with Gasteiger partial charge in [-0.15, -0.1) is 0 Å². The van der Waals surface area contributed by atoms with Crippen molar-refractivity contribution in [3.05, 3.63) is 54.6 Å². The molecule has 1 heterocycles. The fraction of sp³-hybridized carbons (Fsp3) is 0.417. The molecule has 0 spiro atoms. The van der Waals surface area contributed by atoms with E-state index < -0.39 is 0 Å². The smallest absolute Gasteiger partial charge is 0.241 e. The average molecular weight is 409 g/mol. The number of carbonyl (C=O) groups is 2. The molecule has 2 amide bonds. The third-order valence-corrected chi connectivity index (χ3v) is 5.42. The molecule has 0 radical (unpaired) electrons. The van der Waals surface area contributed by atoms with Crippen LogP contribution in [-0.2, 0) is 9.59 Å². The molecule has 1 aliphatic heterocycles. The van der Waals surface area contributed by atoms with Crippen molar-refractivity contribution in [2.24, 2.45) is 0 Å².